The summed E-state index contributed by atoms with van der Waals surface area (Å²) >= 11 is 3.86. The molecule has 0 spiro atoms. The average Bonchev–Trinajstić information content (AvgIpc) is 2.20. The van der Waals surface area contributed by atoms with E-state index in [2.05, 4.69) is 51.6 Å². The lowest BCUT2D eigenvalue weighted by atomic mass is 9.90. The minimum Gasteiger partial charge on any atom is -0.317 e. The molecule has 0 amide bonds. The molecule has 0 bridgehead atoms. The van der Waals surface area contributed by atoms with Crippen molar-refractivity contribution in [2.75, 3.05) is 13.1 Å². The van der Waals surface area contributed by atoms with Gasteiger partial charge < -0.3 is 5.32 Å². The molecule has 0 radical (unpaired) electrons. The van der Waals surface area contributed by atoms with Crippen LogP contribution in [0.5, 0.6) is 0 Å². The van der Waals surface area contributed by atoms with E-state index in [1.54, 1.807) is 0 Å². The zero-order chi connectivity index (χ0) is 9.15. The van der Waals surface area contributed by atoms with Crippen LogP contribution in [0.3, 0.4) is 0 Å². The Kier molecular flexibility index (Phi) is 2.70. The van der Waals surface area contributed by atoms with Gasteiger partial charge in [0.05, 0.1) is 4.32 Å². The molecule has 1 nitrogen and oxygen atoms in total. The number of nitrogens with one attached hydrogen (secondary N) is 1. The molecule has 0 aromatic heterocycles. The van der Waals surface area contributed by atoms with E-state index < -0.39 is 0 Å². The van der Waals surface area contributed by atoms with Gasteiger partial charge in [0.15, 0.2) is 0 Å². The van der Waals surface area contributed by atoms with Gasteiger partial charge in [-0.05, 0) is 31.5 Å². The molecule has 1 saturated heterocycles. The normalized spacial score (nSPS) is 21.3. The van der Waals surface area contributed by atoms with Gasteiger partial charge in [0.25, 0.3) is 0 Å². The van der Waals surface area contributed by atoms with Crippen molar-refractivity contribution in [2.45, 2.75) is 17.2 Å². The van der Waals surface area contributed by atoms with E-state index in [1.165, 1.54) is 18.4 Å². The number of piperidine rings is 1. The van der Waals surface area contributed by atoms with Crippen LogP contribution in [-0.2, 0) is 4.32 Å². The summed E-state index contributed by atoms with van der Waals surface area (Å²) in [6, 6.07) is 10.7. The average molecular weight is 240 g/mol. The Morgan fingerprint density at radius 1 is 1.08 bits per heavy atom. The van der Waals surface area contributed by atoms with Crippen LogP contribution in [0.15, 0.2) is 30.3 Å². The van der Waals surface area contributed by atoms with E-state index in [-0.39, 0.29) is 4.32 Å². The topological polar surface area (TPSA) is 12.0 Å². The number of halogens is 1. The van der Waals surface area contributed by atoms with Gasteiger partial charge in [0.2, 0.25) is 0 Å². The molecule has 1 aromatic rings. The zero-order valence-corrected chi connectivity index (χ0v) is 9.18. The second-order valence-electron chi connectivity index (χ2n) is 3.58. The summed E-state index contributed by atoms with van der Waals surface area (Å²) in [5, 5.41) is 3.38. The fourth-order valence-corrected chi connectivity index (χ4v) is 2.51. The standard InChI is InChI=1S/C11H14BrN/c12-11(6-8-13-9-7-11)10-4-2-1-3-5-10/h1-5,13H,6-9H2. The molecule has 0 saturated carbocycles. The maximum atomic E-state index is 3.86. The number of benzene rings is 1. The zero-order valence-electron chi connectivity index (χ0n) is 7.59. The highest BCUT2D eigenvalue weighted by molar-refractivity contribution is 9.09. The monoisotopic (exact) mass is 239 g/mol. The molecule has 0 atom stereocenters. The van der Waals surface area contributed by atoms with E-state index in [0.29, 0.717) is 0 Å². The summed E-state index contributed by atoms with van der Waals surface area (Å²) in [6.45, 7) is 2.22. The molecule has 1 heterocycles. The van der Waals surface area contributed by atoms with Crippen molar-refractivity contribution >= 4 is 15.9 Å². The molecular formula is C11H14BrN. The Morgan fingerprint density at radius 3 is 2.31 bits per heavy atom. The Balaban J connectivity index is 2.23. The Morgan fingerprint density at radius 2 is 1.69 bits per heavy atom. The minimum atomic E-state index is 0.222. The van der Waals surface area contributed by atoms with Crippen molar-refractivity contribution in [1.82, 2.24) is 5.32 Å². The summed E-state index contributed by atoms with van der Waals surface area (Å²) in [6.07, 6.45) is 2.36. The highest BCUT2D eigenvalue weighted by Gasteiger charge is 2.30. The third kappa shape index (κ3) is 1.94. The van der Waals surface area contributed by atoms with E-state index in [0.717, 1.165) is 13.1 Å². The Hall–Kier alpha value is -0.340. The SMILES string of the molecule is BrC1(c2ccccc2)CCNCC1. The third-order valence-electron chi connectivity index (χ3n) is 2.69. The molecule has 1 fully saturated rings. The molecule has 0 unspecified atom stereocenters. The van der Waals surface area contributed by atoms with E-state index >= 15 is 0 Å². The molecule has 1 N–H and O–H groups in total. The van der Waals surface area contributed by atoms with Crippen LogP contribution in [-0.4, -0.2) is 13.1 Å². The van der Waals surface area contributed by atoms with Crippen LogP contribution in [0, 0.1) is 0 Å². The van der Waals surface area contributed by atoms with E-state index in [4.69, 9.17) is 0 Å². The molecule has 13 heavy (non-hydrogen) atoms. The fourth-order valence-electron chi connectivity index (χ4n) is 1.85. The van der Waals surface area contributed by atoms with E-state index in [9.17, 15) is 0 Å². The van der Waals surface area contributed by atoms with Crippen LogP contribution < -0.4 is 5.32 Å². The Bertz CT molecular complexity index is 265. The van der Waals surface area contributed by atoms with Crippen molar-refractivity contribution in [2.24, 2.45) is 0 Å². The maximum Gasteiger partial charge on any atom is 0.0530 e. The Labute approximate surface area is 87.7 Å². The first kappa shape index (κ1) is 9.22. The fraction of sp³-hybridized carbons (Fsp3) is 0.455. The van der Waals surface area contributed by atoms with Crippen molar-refractivity contribution < 1.29 is 0 Å². The van der Waals surface area contributed by atoms with Crippen LogP contribution in [0.4, 0.5) is 0 Å². The first-order valence-corrected chi connectivity index (χ1v) is 5.56. The second kappa shape index (κ2) is 3.81. The van der Waals surface area contributed by atoms with Crippen molar-refractivity contribution in [3.05, 3.63) is 35.9 Å². The summed E-state index contributed by atoms with van der Waals surface area (Å²) in [5.41, 5.74) is 1.41. The van der Waals surface area contributed by atoms with Gasteiger partial charge in [-0.1, -0.05) is 46.3 Å². The lowest BCUT2D eigenvalue weighted by molar-refractivity contribution is 0.432. The summed E-state index contributed by atoms with van der Waals surface area (Å²) in [4.78, 5) is 0. The van der Waals surface area contributed by atoms with Gasteiger partial charge in [0.1, 0.15) is 0 Å². The van der Waals surface area contributed by atoms with Gasteiger partial charge in [-0.25, -0.2) is 0 Å². The highest BCUT2D eigenvalue weighted by atomic mass is 79.9. The molecule has 2 rings (SSSR count). The van der Waals surface area contributed by atoms with Crippen LogP contribution in [0.2, 0.25) is 0 Å². The third-order valence-corrected chi connectivity index (χ3v) is 3.94. The molecular weight excluding hydrogens is 226 g/mol. The highest BCUT2D eigenvalue weighted by Crippen LogP contribution is 2.39. The summed E-state index contributed by atoms with van der Waals surface area (Å²) in [5.74, 6) is 0. The summed E-state index contributed by atoms with van der Waals surface area (Å²) in [7, 11) is 0. The van der Waals surface area contributed by atoms with Crippen LogP contribution in [0.1, 0.15) is 18.4 Å². The van der Waals surface area contributed by atoms with Crippen molar-refractivity contribution in [3.8, 4) is 0 Å². The predicted octanol–water partition coefficient (Wildman–Crippen LogP) is 2.66. The summed E-state index contributed by atoms with van der Waals surface area (Å²) < 4.78 is 0.222. The van der Waals surface area contributed by atoms with Crippen molar-refractivity contribution in [3.63, 3.8) is 0 Å². The first-order valence-electron chi connectivity index (χ1n) is 4.76. The van der Waals surface area contributed by atoms with Gasteiger partial charge in [-0.15, -0.1) is 0 Å². The number of rotatable bonds is 1. The number of hydrogen-bond donors (Lipinski definition) is 1. The lowest BCUT2D eigenvalue weighted by Crippen LogP contribution is -2.35. The number of hydrogen-bond acceptors (Lipinski definition) is 1. The largest absolute Gasteiger partial charge is 0.317 e. The van der Waals surface area contributed by atoms with Crippen molar-refractivity contribution in [1.29, 1.82) is 0 Å². The molecule has 1 aliphatic heterocycles. The van der Waals surface area contributed by atoms with Gasteiger partial charge in [-0.3, -0.25) is 0 Å². The molecule has 1 aromatic carbocycles. The maximum absolute atomic E-state index is 3.86. The van der Waals surface area contributed by atoms with Gasteiger partial charge in [-0.2, -0.15) is 0 Å². The van der Waals surface area contributed by atoms with Crippen LogP contribution in [0.25, 0.3) is 0 Å². The lowest BCUT2D eigenvalue weighted by Gasteiger charge is -2.32. The number of alkyl halides is 1. The molecule has 1 aliphatic rings. The quantitative estimate of drug-likeness (QED) is 0.744. The predicted molar refractivity (Wildman–Crippen MR) is 59.2 cm³/mol. The molecule has 2 heteroatoms. The molecule has 70 valence electrons. The molecule has 0 aliphatic carbocycles. The smallest absolute Gasteiger partial charge is 0.0530 e. The minimum absolute atomic E-state index is 0.222. The van der Waals surface area contributed by atoms with Gasteiger partial charge >= 0.3 is 0 Å². The van der Waals surface area contributed by atoms with Crippen LogP contribution >= 0.6 is 15.9 Å². The first-order chi connectivity index (χ1) is 6.31. The van der Waals surface area contributed by atoms with Gasteiger partial charge in [0, 0.05) is 0 Å². The second-order valence-corrected chi connectivity index (χ2v) is 5.10. The van der Waals surface area contributed by atoms with E-state index in [1.807, 2.05) is 0 Å².